The molecule has 0 radical (unpaired) electrons. The second-order valence-corrected chi connectivity index (χ2v) is 6.99. The molecule has 0 spiro atoms. The number of fused-ring (bicyclic) bond motifs is 1. The highest BCUT2D eigenvalue weighted by Gasteiger charge is 2.47. The fourth-order valence-corrected chi connectivity index (χ4v) is 4.44. The van der Waals surface area contributed by atoms with Crippen LogP contribution in [0.15, 0.2) is 0 Å². The molecule has 0 aliphatic carbocycles. The molecule has 0 unspecified atom stereocenters. The molecule has 4 saturated heterocycles. The summed E-state index contributed by atoms with van der Waals surface area (Å²) in [7, 11) is 0. The Labute approximate surface area is 131 Å². The number of rotatable bonds is 2. The number of amides is 1. The topological polar surface area (TPSA) is 51.2 Å². The summed E-state index contributed by atoms with van der Waals surface area (Å²) in [4.78, 5) is 20.7. The highest BCUT2D eigenvalue weighted by Crippen LogP contribution is 2.37. The second-order valence-electron chi connectivity index (χ2n) is 6.99. The summed E-state index contributed by atoms with van der Waals surface area (Å²) in [5.41, 5.74) is 0. The number of likely N-dealkylation sites (tertiary alicyclic amines) is 1. The molecule has 6 nitrogen and oxygen atoms in total. The maximum absolute atomic E-state index is 12.7. The summed E-state index contributed by atoms with van der Waals surface area (Å²) in [6, 6.07) is 0.623. The van der Waals surface area contributed by atoms with Crippen LogP contribution >= 0.6 is 0 Å². The van der Waals surface area contributed by atoms with Crippen LogP contribution < -0.4 is 0 Å². The normalized spacial score (nSPS) is 37.5. The Morgan fingerprint density at radius 1 is 1.00 bits per heavy atom. The standard InChI is InChI=1S/C16H26N2O4/c19-16(18-4-1-5-22-18)15-11-21-10-12-8-17(9-14(12)15)13-2-6-20-7-3-13/h12-15H,1-11H2/t12-,14-,15+/m0/s1. The predicted molar refractivity (Wildman–Crippen MR) is 79.0 cm³/mol. The molecule has 4 heterocycles. The molecule has 124 valence electrons. The third-order valence-electron chi connectivity index (χ3n) is 5.69. The zero-order valence-electron chi connectivity index (χ0n) is 13.1. The van der Waals surface area contributed by atoms with Crippen LogP contribution in [-0.2, 0) is 19.1 Å². The van der Waals surface area contributed by atoms with Gasteiger partial charge in [0.15, 0.2) is 0 Å². The minimum Gasteiger partial charge on any atom is -0.381 e. The first-order chi connectivity index (χ1) is 10.8. The zero-order chi connectivity index (χ0) is 14.9. The first kappa shape index (κ1) is 14.9. The van der Waals surface area contributed by atoms with Crippen molar-refractivity contribution in [3.63, 3.8) is 0 Å². The Morgan fingerprint density at radius 2 is 1.86 bits per heavy atom. The van der Waals surface area contributed by atoms with Gasteiger partial charge in [-0.15, -0.1) is 0 Å². The monoisotopic (exact) mass is 310 g/mol. The van der Waals surface area contributed by atoms with Gasteiger partial charge in [0.05, 0.1) is 32.3 Å². The lowest BCUT2D eigenvalue weighted by atomic mass is 9.82. The molecule has 3 atom stereocenters. The molecule has 0 N–H and O–H groups in total. The lowest BCUT2D eigenvalue weighted by Gasteiger charge is -2.34. The summed E-state index contributed by atoms with van der Waals surface area (Å²) in [5.74, 6) is 1.03. The quantitative estimate of drug-likeness (QED) is 0.744. The van der Waals surface area contributed by atoms with Crippen molar-refractivity contribution >= 4 is 5.91 Å². The van der Waals surface area contributed by atoms with Gasteiger partial charge in [0.25, 0.3) is 5.91 Å². The van der Waals surface area contributed by atoms with Crippen LogP contribution in [0.3, 0.4) is 0 Å². The summed E-state index contributed by atoms with van der Waals surface area (Å²) in [6.45, 7) is 6.60. The van der Waals surface area contributed by atoms with Crippen LogP contribution in [0.2, 0.25) is 0 Å². The highest BCUT2D eigenvalue weighted by molar-refractivity contribution is 5.78. The van der Waals surface area contributed by atoms with Crippen LogP contribution in [-0.4, -0.2) is 74.6 Å². The number of hydrogen-bond acceptors (Lipinski definition) is 5. The van der Waals surface area contributed by atoms with Gasteiger partial charge in [-0.05, 0) is 31.1 Å². The molecule has 22 heavy (non-hydrogen) atoms. The van der Waals surface area contributed by atoms with E-state index in [9.17, 15) is 4.79 Å². The van der Waals surface area contributed by atoms with Crippen molar-refractivity contribution in [2.45, 2.75) is 25.3 Å². The van der Waals surface area contributed by atoms with Crippen molar-refractivity contribution in [1.82, 2.24) is 9.96 Å². The van der Waals surface area contributed by atoms with Gasteiger partial charge in [-0.1, -0.05) is 0 Å². The van der Waals surface area contributed by atoms with E-state index in [0.29, 0.717) is 31.1 Å². The summed E-state index contributed by atoms with van der Waals surface area (Å²) in [5, 5.41) is 1.58. The third-order valence-corrected chi connectivity index (χ3v) is 5.69. The fraction of sp³-hybridized carbons (Fsp3) is 0.938. The Bertz CT molecular complexity index is 407. The van der Waals surface area contributed by atoms with E-state index in [0.717, 1.165) is 58.7 Å². The Hall–Kier alpha value is -0.690. The van der Waals surface area contributed by atoms with E-state index in [4.69, 9.17) is 14.3 Å². The van der Waals surface area contributed by atoms with Crippen molar-refractivity contribution in [1.29, 1.82) is 0 Å². The number of ether oxygens (including phenoxy) is 2. The third kappa shape index (κ3) is 2.77. The van der Waals surface area contributed by atoms with Crippen LogP contribution in [0, 0.1) is 17.8 Å². The molecule has 0 aromatic heterocycles. The first-order valence-electron chi connectivity index (χ1n) is 8.67. The van der Waals surface area contributed by atoms with Gasteiger partial charge in [0.2, 0.25) is 0 Å². The maximum atomic E-state index is 12.7. The van der Waals surface area contributed by atoms with Crippen molar-refractivity contribution in [2.24, 2.45) is 17.8 Å². The average molecular weight is 310 g/mol. The summed E-state index contributed by atoms with van der Waals surface area (Å²) in [6.07, 6.45) is 3.18. The van der Waals surface area contributed by atoms with Crippen LogP contribution in [0.4, 0.5) is 0 Å². The van der Waals surface area contributed by atoms with Crippen LogP contribution in [0.25, 0.3) is 0 Å². The van der Waals surface area contributed by atoms with E-state index in [1.165, 1.54) is 0 Å². The second kappa shape index (κ2) is 6.43. The van der Waals surface area contributed by atoms with Gasteiger partial charge >= 0.3 is 0 Å². The number of hydrogen-bond donors (Lipinski definition) is 0. The van der Waals surface area contributed by atoms with E-state index >= 15 is 0 Å². The van der Waals surface area contributed by atoms with Gasteiger partial charge in [-0.25, -0.2) is 5.06 Å². The average Bonchev–Trinajstić information content (AvgIpc) is 3.24. The zero-order valence-corrected chi connectivity index (χ0v) is 13.1. The molecule has 6 heteroatoms. The Morgan fingerprint density at radius 3 is 2.64 bits per heavy atom. The van der Waals surface area contributed by atoms with E-state index in [1.807, 2.05) is 0 Å². The van der Waals surface area contributed by atoms with Crippen molar-refractivity contribution in [2.75, 3.05) is 52.7 Å². The molecule has 4 rings (SSSR count). The molecular formula is C16H26N2O4. The summed E-state index contributed by atoms with van der Waals surface area (Å²) >= 11 is 0. The van der Waals surface area contributed by atoms with Gasteiger partial charge < -0.3 is 9.47 Å². The molecule has 0 aromatic rings. The van der Waals surface area contributed by atoms with E-state index < -0.39 is 0 Å². The van der Waals surface area contributed by atoms with Crippen molar-refractivity contribution in [3.8, 4) is 0 Å². The van der Waals surface area contributed by atoms with Crippen molar-refractivity contribution in [3.05, 3.63) is 0 Å². The van der Waals surface area contributed by atoms with Crippen LogP contribution in [0.1, 0.15) is 19.3 Å². The molecule has 4 fully saturated rings. The van der Waals surface area contributed by atoms with Gasteiger partial charge in [-0.3, -0.25) is 14.5 Å². The Kier molecular flexibility index (Phi) is 4.35. The fourth-order valence-electron chi connectivity index (χ4n) is 4.44. The lowest BCUT2D eigenvalue weighted by Crippen LogP contribution is -2.45. The summed E-state index contributed by atoms with van der Waals surface area (Å²) < 4.78 is 11.2. The molecule has 4 aliphatic heterocycles. The number of carbonyl (C=O) groups excluding carboxylic acids is 1. The van der Waals surface area contributed by atoms with Crippen molar-refractivity contribution < 1.29 is 19.1 Å². The number of hydroxylamine groups is 2. The maximum Gasteiger partial charge on any atom is 0.251 e. The molecule has 0 aromatic carbocycles. The highest BCUT2D eigenvalue weighted by atomic mass is 16.7. The van der Waals surface area contributed by atoms with Gasteiger partial charge in [0, 0.05) is 32.3 Å². The molecule has 1 amide bonds. The Balaban J connectivity index is 1.43. The van der Waals surface area contributed by atoms with E-state index in [2.05, 4.69) is 4.90 Å². The number of carbonyl (C=O) groups is 1. The lowest BCUT2D eigenvalue weighted by molar-refractivity contribution is -0.181. The smallest absolute Gasteiger partial charge is 0.251 e. The first-order valence-corrected chi connectivity index (χ1v) is 8.67. The van der Waals surface area contributed by atoms with E-state index in [1.54, 1.807) is 5.06 Å². The molecule has 0 saturated carbocycles. The molecule has 0 bridgehead atoms. The van der Waals surface area contributed by atoms with Gasteiger partial charge in [0.1, 0.15) is 0 Å². The largest absolute Gasteiger partial charge is 0.381 e. The molecular weight excluding hydrogens is 284 g/mol. The SMILES string of the molecule is O=C([C@@H]1COC[C@@H]2CN(C3CCOCC3)C[C@@H]21)N1CCCO1. The minimum atomic E-state index is -0.0262. The van der Waals surface area contributed by atoms with Crippen LogP contribution in [0.5, 0.6) is 0 Å². The number of nitrogens with zero attached hydrogens (tertiary/aromatic N) is 2. The molecule has 4 aliphatic rings. The van der Waals surface area contributed by atoms with Gasteiger partial charge in [-0.2, -0.15) is 0 Å². The predicted octanol–water partition coefficient (Wildman–Crippen LogP) is 0.524. The minimum absolute atomic E-state index is 0.0262. The van der Waals surface area contributed by atoms with E-state index in [-0.39, 0.29) is 11.8 Å².